The van der Waals surface area contributed by atoms with Gasteiger partial charge in [-0.3, -0.25) is 4.79 Å². The molecule has 176 valence electrons. The van der Waals surface area contributed by atoms with Crippen LogP contribution in [0.4, 0.5) is 0 Å². The third-order valence-corrected chi connectivity index (χ3v) is 5.78. The van der Waals surface area contributed by atoms with Crippen molar-refractivity contribution in [1.29, 1.82) is 0 Å². The molecule has 7 heteroatoms. The van der Waals surface area contributed by atoms with Gasteiger partial charge in [-0.1, -0.05) is 69.3 Å². The molecule has 0 aromatic heterocycles. The number of carboxylic acids is 2. The number of carbonyl (C=O) groups is 3. The highest BCUT2D eigenvalue weighted by Crippen LogP contribution is 2.51. The van der Waals surface area contributed by atoms with E-state index in [1.165, 1.54) is 0 Å². The predicted molar refractivity (Wildman–Crippen MR) is 128 cm³/mol. The number of primary amides is 1. The van der Waals surface area contributed by atoms with Crippen LogP contribution in [0.5, 0.6) is 0 Å². The van der Waals surface area contributed by atoms with Crippen LogP contribution in [0.2, 0.25) is 0 Å². The first-order valence-corrected chi connectivity index (χ1v) is 11.0. The summed E-state index contributed by atoms with van der Waals surface area (Å²) in [5.41, 5.74) is 9.71. The molecule has 0 bridgehead atoms. The molecule has 1 atom stereocenters. The third kappa shape index (κ3) is 6.08. The average molecular weight is 453 g/mol. The van der Waals surface area contributed by atoms with Crippen molar-refractivity contribution in [2.45, 2.75) is 57.5 Å². The molecule has 7 nitrogen and oxygen atoms in total. The summed E-state index contributed by atoms with van der Waals surface area (Å²) in [6.45, 7) is 6.51. The fourth-order valence-electron chi connectivity index (χ4n) is 4.39. The fourth-order valence-corrected chi connectivity index (χ4v) is 4.39. The monoisotopic (exact) mass is 452 g/mol. The second kappa shape index (κ2) is 11.4. The Kier molecular flexibility index (Phi) is 8.94. The molecule has 1 aliphatic carbocycles. The average Bonchev–Trinajstić information content (AvgIpc) is 3.06. The van der Waals surface area contributed by atoms with Crippen LogP contribution in [0, 0.1) is 0 Å². The van der Waals surface area contributed by atoms with Crippen LogP contribution in [-0.4, -0.2) is 40.1 Å². The lowest BCUT2D eigenvalue weighted by Gasteiger charge is -2.31. The Bertz CT molecular complexity index is 967. The molecule has 0 radical (unpaired) electrons. The number of fused-ring (bicyclic) bond motifs is 3. The lowest BCUT2D eigenvalue weighted by atomic mass is 9.73. The van der Waals surface area contributed by atoms with Crippen LogP contribution in [0.15, 0.2) is 60.7 Å². The number of carboxylic acid groups (broad SMARTS) is 2. The topological polar surface area (TPSA) is 130 Å². The van der Waals surface area contributed by atoms with Crippen molar-refractivity contribution in [2.24, 2.45) is 5.73 Å². The van der Waals surface area contributed by atoms with Gasteiger partial charge in [0.05, 0.1) is 5.41 Å². The van der Waals surface area contributed by atoms with Crippen LogP contribution < -0.4 is 11.1 Å². The maximum atomic E-state index is 12.8. The summed E-state index contributed by atoms with van der Waals surface area (Å²) in [6.07, 6.45) is 3.80. The third-order valence-electron chi connectivity index (χ3n) is 5.78. The number of carbonyl (C=O) groups excluding carboxylic acids is 1. The van der Waals surface area contributed by atoms with E-state index in [0.29, 0.717) is 24.2 Å². The molecule has 2 aromatic rings. The summed E-state index contributed by atoms with van der Waals surface area (Å²) < 4.78 is 0. The molecular formula is C26H32N2O5. The van der Waals surface area contributed by atoms with E-state index in [1.54, 1.807) is 0 Å². The first-order valence-electron chi connectivity index (χ1n) is 11.0. The van der Waals surface area contributed by atoms with Gasteiger partial charge in [0.15, 0.2) is 0 Å². The van der Waals surface area contributed by atoms with Crippen LogP contribution >= 0.6 is 0 Å². The highest BCUT2D eigenvalue weighted by atomic mass is 16.4. The number of hydrogen-bond donors (Lipinski definition) is 4. The fraction of sp³-hybridized carbons (Fsp3) is 0.346. The zero-order valence-electron chi connectivity index (χ0n) is 19.2. The minimum absolute atomic E-state index is 0.246. The van der Waals surface area contributed by atoms with Crippen molar-refractivity contribution in [3.8, 4) is 11.1 Å². The quantitative estimate of drug-likeness (QED) is 0.429. The molecule has 0 fully saturated rings. The minimum Gasteiger partial charge on any atom is -0.478 e. The Labute approximate surface area is 194 Å². The number of amides is 1. The van der Waals surface area contributed by atoms with E-state index in [-0.39, 0.29) is 5.91 Å². The van der Waals surface area contributed by atoms with Gasteiger partial charge in [0, 0.05) is 24.2 Å². The zero-order chi connectivity index (χ0) is 24.6. The zero-order valence-corrected chi connectivity index (χ0v) is 19.2. The second-order valence-electron chi connectivity index (χ2n) is 8.34. The number of nitrogens with one attached hydrogen (secondary N) is 1. The maximum absolute atomic E-state index is 12.8. The number of hydrogen-bond acceptors (Lipinski definition) is 4. The molecular weight excluding hydrogens is 420 g/mol. The lowest BCUT2D eigenvalue weighted by molar-refractivity contribution is -0.134. The van der Waals surface area contributed by atoms with E-state index < -0.39 is 17.4 Å². The molecule has 0 saturated heterocycles. The normalized spacial score (nSPS) is 14.2. The molecule has 1 aliphatic rings. The molecule has 0 saturated carbocycles. The molecule has 2 aromatic carbocycles. The highest BCUT2D eigenvalue weighted by molar-refractivity contribution is 5.99. The van der Waals surface area contributed by atoms with Crippen molar-refractivity contribution in [2.75, 3.05) is 0 Å². The number of nitrogens with two attached hydrogens (primary N) is 1. The molecule has 5 N–H and O–H groups in total. The van der Waals surface area contributed by atoms with Crippen molar-refractivity contribution < 1.29 is 24.6 Å². The lowest BCUT2D eigenvalue weighted by Crippen LogP contribution is -2.43. The van der Waals surface area contributed by atoms with E-state index in [1.807, 2.05) is 24.3 Å². The molecule has 33 heavy (non-hydrogen) atoms. The van der Waals surface area contributed by atoms with Crippen molar-refractivity contribution in [3.63, 3.8) is 0 Å². The Balaban J connectivity index is 0.000000414. The van der Waals surface area contributed by atoms with Gasteiger partial charge in [0.1, 0.15) is 0 Å². The van der Waals surface area contributed by atoms with Crippen LogP contribution in [0.1, 0.15) is 51.2 Å². The largest absolute Gasteiger partial charge is 0.478 e. The van der Waals surface area contributed by atoms with Gasteiger partial charge in [-0.15, -0.1) is 0 Å². The van der Waals surface area contributed by atoms with Gasteiger partial charge in [-0.05, 0) is 41.5 Å². The first kappa shape index (κ1) is 25.8. The Morgan fingerprint density at radius 3 is 1.76 bits per heavy atom. The summed E-state index contributed by atoms with van der Waals surface area (Å²) in [5, 5.41) is 19.2. The predicted octanol–water partition coefficient (Wildman–Crippen LogP) is 3.71. The van der Waals surface area contributed by atoms with Crippen molar-refractivity contribution in [3.05, 3.63) is 71.8 Å². The van der Waals surface area contributed by atoms with Gasteiger partial charge in [-0.25, -0.2) is 9.59 Å². The Hall–Kier alpha value is -3.45. The van der Waals surface area contributed by atoms with Crippen LogP contribution in [-0.2, 0) is 19.8 Å². The van der Waals surface area contributed by atoms with Crippen LogP contribution in [0.3, 0.4) is 0 Å². The summed E-state index contributed by atoms with van der Waals surface area (Å²) in [4.78, 5) is 31.9. The van der Waals surface area contributed by atoms with Crippen molar-refractivity contribution in [1.82, 2.24) is 5.32 Å². The molecule has 0 aliphatic heterocycles. The van der Waals surface area contributed by atoms with E-state index in [4.69, 9.17) is 15.9 Å². The summed E-state index contributed by atoms with van der Waals surface area (Å²) in [6, 6.07) is 17.2. The van der Waals surface area contributed by atoms with Gasteiger partial charge in [0.2, 0.25) is 5.91 Å². The molecule has 1 amide bonds. The molecule has 0 spiro atoms. The van der Waals surface area contributed by atoms with Gasteiger partial charge >= 0.3 is 11.9 Å². The molecule has 3 rings (SSSR count). The van der Waals surface area contributed by atoms with E-state index in [2.05, 4.69) is 50.4 Å². The minimum atomic E-state index is -1.26. The molecule has 1 unspecified atom stereocenters. The van der Waals surface area contributed by atoms with E-state index in [0.717, 1.165) is 41.5 Å². The molecule has 0 heterocycles. The summed E-state index contributed by atoms with van der Waals surface area (Å²) >= 11 is 0. The highest BCUT2D eigenvalue weighted by Gasteiger charge is 2.47. The summed E-state index contributed by atoms with van der Waals surface area (Å²) in [7, 11) is 0. The van der Waals surface area contributed by atoms with Crippen molar-refractivity contribution >= 4 is 17.8 Å². The van der Waals surface area contributed by atoms with Gasteiger partial charge in [-0.2, -0.15) is 0 Å². The SMILES string of the molecule is CCC(CCC1(C(N)=O)c2ccccc2-c2ccccc21)NC(C)C.O=C(O)/C=C\C(=O)O. The smallest absolute Gasteiger partial charge is 0.328 e. The Morgan fingerprint density at radius 2 is 1.39 bits per heavy atom. The maximum Gasteiger partial charge on any atom is 0.328 e. The van der Waals surface area contributed by atoms with Gasteiger partial charge in [0.25, 0.3) is 0 Å². The van der Waals surface area contributed by atoms with Crippen LogP contribution in [0.25, 0.3) is 11.1 Å². The standard InChI is InChI=1S/C22H28N2O.C4H4O4/c1-4-16(24-15(2)3)13-14-22(21(23)25)19-11-7-5-9-17(19)18-10-6-8-12-20(18)22;5-3(6)1-2-4(7)8/h5-12,15-16,24H,4,13-14H2,1-3H3,(H2,23,25);1-2H,(H,5,6)(H,7,8)/b;2-1-. The van der Waals surface area contributed by atoms with E-state index in [9.17, 15) is 14.4 Å². The number of rotatable bonds is 9. The van der Waals surface area contributed by atoms with E-state index >= 15 is 0 Å². The second-order valence-corrected chi connectivity index (χ2v) is 8.34. The first-order chi connectivity index (χ1) is 15.6. The van der Waals surface area contributed by atoms with Gasteiger partial charge < -0.3 is 21.3 Å². The Morgan fingerprint density at radius 1 is 0.939 bits per heavy atom. The summed E-state index contributed by atoms with van der Waals surface area (Å²) in [5.74, 6) is -2.76. The number of aliphatic carboxylic acids is 2. The number of benzene rings is 2.